The van der Waals surface area contributed by atoms with Crippen LogP contribution in [-0.4, -0.2) is 50.4 Å². The third kappa shape index (κ3) is 4.13. The van der Waals surface area contributed by atoms with Gasteiger partial charge in [0.15, 0.2) is 0 Å². The summed E-state index contributed by atoms with van der Waals surface area (Å²) in [5, 5.41) is 2.86. The number of amides is 2. The van der Waals surface area contributed by atoms with Crippen molar-refractivity contribution in [2.24, 2.45) is 0 Å². The van der Waals surface area contributed by atoms with Gasteiger partial charge in [-0.25, -0.2) is 4.79 Å². The van der Waals surface area contributed by atoms with Crippen LogP contribution in [0.5, 0.6) is 5.75 Å². The van der Waals surface area contributed by atoms with Gasteiger partial charge in [0.2, 0.25) is 0 Å². The lowest BCUT2D eigenvalue weighted by Gasteiger charge is -2.26. The summed E-state index contributed by atoms with van der Waals surface area (Å²) in [4.78, 5) is 13.6. The standard InChI is InChI=1S/C15H22N2O3/c1-12-3-4-13(2)14(11-12)20-8-5-16-15(18)17-6-9-19-10-7-17/h3-4,11H,5-10H2,1-2H3,(H,16,18). The van der Waals surface area contributed by atoms with E-state index in [4.69, 9.17) is 9.47 Å². The summed E-state index contributed by atoms with van der Waals surface area (Å²) in [7, 11) is 0. The molecule has 1 saturated heterocycles. The maximum atomic E-state index is 11.8. The van der Waals surface area contributed by atoms with Gasteiger partial charge in [0.25, 0.3) is 0 Å². The van der Waals surface area contributed by atoms with Gasteiger partial charge in [0.05, 0.1) is 19.8 Å². The summed E-state index contributed by atoms with van der Waals surface area (Å²) in [5.74, 6) is 0.880. The Balaban J connectivity index is 1.70. The Morgan fingerprint density at radius 1 is 1.35 bits per heavy atom. The largest absolute Gasteiger partial charge is 0.491 e. The highest BCUT2D eigenvalue weighted by molar-refractivity contribution is 5.74. The molecule has 0 atom stereocenters. The molecule has 0 spiro atoms. The molecule has 1 fully saturated rings. The van der Waals surface area contributed by atoms with Gasteiger partial charge in [-0.1, -0.05) is 12.1 Å². The van der Waals surface area contributed by atoms with Crippen molar-refractivity contribution in [2.75, 3.05) is 39.5 Å². The van der Waals surface area contributed by atoms with Crippen LogP contribution in [0.3, 0.4) is 0 Å². The molecule has 0 radical (unpaired) electrons. The summed E-state index contributed by atoms with van der Waals surface area (Å²) in [6, 6.07) is 6.07. The quantitative estimate of drug-likeness (QED) is 0.853. The van der Waals surface area contributed by atoms with E-state index in [0.29, 0.717) is 39.5 Å². The number of rotatable bonds is 4. The van der Waals surface area contributed by atoms with Crippen LogP contribution >= 0.6 is 0 Å². The Morgan fingerprint density at radius 2 is 2.10 bits per heavy atom. The number of morpholine rings is 1. The van der Waals surface area contributed by atoms with Gasteiger partial charge in [0, 0.05) is 13.1 Å². The Morgan fingerprint density at radius 3 is 2.85 bits per heavy atom. The molecule has 5 nitrogen and oxygen atoms in total. The summed E-state index contributed by atoms with van der Waals surface area (Å²) in [6.07, 6.45) is 0. The van der Waals surface area contributed by atoms with Crippen molar-refractivity contribution in [3.8, 4) is 5.75 Å². The molecule has 0 saturated carbocycles. The molecule has 1 aliphatic heterocycles. The monoisotopic (exact) mass is 278 g/mol. The normalized spacial score (nSPS) is 15.0. The fourth-order valence-electron chi connectivity index (χ4n) is 2.06. The average Bonchev–Trinajstić information content (AvgIpc) is 2.47. The van der Waals surface area contributed by atoms with Crippen LogP contribution in [0.4, 0.5) is 4.79 Å². The number of aryl methyl sites for hydroxylation is 2. The highest BCUT2D eigenvalue weighted by Crippen LogP contribution is 2.18. The zero-order chi connectivity index (χ0) is 14.4. The fourth-order valence-corrected chi connectivity index (χ4v) is 2.06. The lowest BCUT2D eigenvalue weighted by atomic mass is 10.1. The maximum absolute atomic E-state index is 11.8. The molecule has 5 heteroatoms. The lowest BCUT2D eigenvalue weighted by molar-refractivity contribution is 0.0530. The molecule has 0 unspecified atom stereocenters. The number of carbonyl (C=O) groups is 1. The van der Waals surface area contributed by atoms with Crippen LogP contribution < -0.4 is 10.1 Å². The minimum absolute atomic E-state index is 0.0436. The van der Waals surface area contributed by atoms with E-state index < -0.39 is 0 Å². The van der Waals surface area contributed by atoms with Gasteiger partial charge < -0.3 is 19.7 Å². The molecule has 1 aromatic rings. The smallest absolute Gasteiger partial charge is 0.317 e. The highest BCUT2D eigenvalue weighted by Gasteiger charge is 2.15. The van der Waals surface area contributed by atoms with Crippen molar-refractivity contribution >= 4 is 6.03 Å². The van der Waals surface area contributed by atoms with Crippen molar-refractivity contribution < 1.29 is 14.3 Å². The van der Waals surface area contributed by atoms with Crippen LogP contribution in [0.1, 0.15) is 11.1 Å². The Kier molecular flexibility index (Phi) is 5.24. The third-order valence-electron chi connectivity index (χ3n) is 3.28. The Hall–Kier alpha value is -1.75. The average molecular weight is 278 g/mol. The van der Waals surface area contributed by atoms with Crippen LogP contribution in [-0.2, 0) is 4.74 Å². The molecule has 1 N–H and O–H groups in total. The van der Waals surface area contributed by atoms with E-state index in [1.807, 2.05) is 26.0 Å². The van der Waals surface area contributed by atoms with Crippen LogP contribution in [0.15, 0.2) is 18.2 Å². The molecule has 110 valence electrons. The summed E-state index contributed by atoms with van der Waals surface area (Å²) >= 11 is 0. The van der Waals surface area contributed by atoms with Crippen LogP contribution in [0.25, 0.3) is 0 Å². The molecule has 1 aliphatic rings. The van der Waals surface area contributed by atoms with Gasteiger partial charge >= 0.3 is 6.03 Å². The molecule has 2 amide bonds. The zero-order valence-electron chi connectivity index (χ0n) is 12.1. The molecular weight excluding hydrogens is 256 g/mol. The van der Waals surface area contributed by atoms with Gasteiger partial charge in [-0.2, -0.15) is 0 Å². The number of nitrogens with zero attached hydrogens (tertiary/aromatic N) is 1. The predicted molar refractivity (Wildman–Crippen MR) is 77.2 cm³/mol. The summed E-state index contributed by atoms with van der Waals surface area (Å²) in [5.41, 5.74) is 2.28. The van der Waals surface area contributed by atoms with Crippen molar-refractivity contribution in [2.45, 2.75) is 13.8 Å². The van der Waals surface area contributed by atoms with E-state index in [0.717, 1.165) is 11.3 Å². The molecule has 0 bridgehead atoms. The first-order chi connectivity index (χ1) is 9.66. The van der Waals surface area contributed by atoms with Gasteiger partial charge in [-0.15, -0.1) is 0 Å². The topological polar surface area (TPSA) is 50.8 Å². The second-order valence-corrected chi connectivity index (χ2v) is 4.95. The van der Waals surface area contributed by atoms with E-state index in [2.05, 4.69) is 11.4 Å². The van der Waals surface area contributed by atoms with E-state index in [1.165, 1.54) is 5.56 Å². The van der Waals surface area contributed by atoms with Crippen molar-refractivity contribution in [1.82, 2.24) is 10.2 Å². The lowest BCUT2D eigenvalue weighted by Crippen LogP contribution is -2.47. The number of ether oxygens (including phenoxy) is 2. The van der Waals surface area contributed by atoms with E-state index in [1.54, 1.807) is 4.90 Å². The molecule has 0 aliphatic carbocycles. The maximum Gasteiger partial charge on any atom is 0.317 e. The van der Waals surface area contributed by atoms with Gasteiger partial charge in [0.1, 0.15) is 12.4 Å². The van der Waals surface area contributed by atoms with E-state index in [9.17, 15) is 4.79 Å². The third-order valence-corrected chi connectivity index (χ3v) is 3.28. The van der Waals surface area contributed by atoms with Gasteiger partial charge in [-0.05, 0) is 31.0 Å². The van der Waals surface area contributed by atoms with Crippen molar-refractivity contribution in [1.29, 1.82) is 0 Å². The minimum atomic E-state index is -0.0436. The SMILES string of the molecule is Cc1ccc(C)c(OCCNC(=O)N2CCOCC2)c1. The van der Waals surface area contributed by atoms with E-state index >= 15 is 0 Å². The second-order valence-electron chi connectivity index (χ2n) is 4.95. The summed E-state index contributed by atoms with van der Waals surface area (Å²) in [6.45, 7) is 7.57. The Labute approximate surface area is 119 Å². The van der Waals surface area contributed by atoms with Gasteiger partial charge in [-0.3, -0.25) is 0 Å². The molecule has 1 aromatic carbocycles. The predicted octanol–water partition coefficient (Wildman–Crippen LogP) is 1.72. The van der Waals surface area contributed by atoms with Crippen LogP contribution in [0, 0.1) is 13.8 Å². The van der Waals surface area contributed by atoms with Crippen molar-refractivity contribution in [3.05, 3.63) is 29.3 Å². The fraction of sp³-hybridized carbons (Fsp3) is 0.533. The number of urea groups is 1. The number of hydrogen-bond donors (Lipinski definition) is 1. The first kappa shape index (κ1) is 14.7. The first-order valence-electron chi connectivity index (χ1n) is 6.97. The number of hydrogen-bond acceptors (Lipinski definition) is 3. The highest BCUT2D eigenvalue weighted by atomic mass is 16.5. The summed E-state index contributed by atoms with van der Waals surface area (Å²) < 4.78 is 10.9. The zero-order valence-corrected chi connectivity index (χ0v) is 12.1. The second kappa shape index (κ2) is 7.14. The first-order valence-corrected chi connectivity index (χ1v) is 6.97. The number of nitrogens with one attached hydrogen (secondary N) is 1. The molecule has 1 heterocycles. The van der Waals surface area contributed by atoms with Crippen molar-refractivity contribution in [3.63, 3.8) is 0 Å². The Bertz CT molecular complexity index is 456. The number of carbonyl (C=O) groups excluding carboxylic acids is 1. The minimum Gasteiger partial charge on any atom is -0.491 e. The molecule has 2 rings (SSSR count). The number of benzene rings is 1. The molecule has 20 heavy (non-hydrogen) atoms. The van der Waals surface area contributed by atoms with Crippen LogP contribution in [0.2, 0.25) is 0 Å². The van der Waals surface area contributed by atoms with E-state index in [-0.39, 0.29) is 6.03 Å². The molecule has 0 aromatic heterocycles. The molecular formula is C15H22N2O3.